The average Bonchev–Trinajstić information content (AvgIpc) is 2.35. The first-order chi connectivity index (χ1) is 8.90. The molecule has 0 atom stereocenters. The van der Waals surface area contributed by atoms with Crippen molar-refractivity contribution >= 4 is 17.3 Å². The summed E-state index contributed by atoms with van der Waals surface area (Å²) in [5.41, 5.74) is 4.19. The molecule has 1 rings (SSSR count). The number of hydrogen-bond acceptors (Lipinski definition) is 4. The molecule has 0 unspecified atom stereocenters. The first kappa shape index (κ1) is 14.9. The van der Waals surface area contributed by atoms with Gasteiger partial charge in [0.15, 0.2) is 0 Å². The molecule has 0 aromatic heterocycles. The number of rotatable bonds is 5. The van der Waals surface area contributed by atoms with Crippen molar-refractivity contribution in [3.63, 3.8) is 0 Å². The monoisotopic (exact) mass is 269 g/mol. The van der Waals surface area contributed by atoms with Crippen molar-refractivity contribution in [3.05, 3.63) is 33.6 Å². The molecular formula is C12H16FN3O3. The minimum absolute atomic E-state index is 0.432. The van der Waals surface area contributed by atoms with E-state index in [4.69, 9.17) is 5.73 Å². The van der Waals surface area contributed by atoms with Crippen molar-refractivity contribution < 1.29 is 14.1 Å². The molecule has 0 saturated heterocycles. The van der Waals surface area contributed by atoms with Crippen molar-refractivity contribution in [1.29, 1.82) is 0 Å². The summed E-state index contributed by atoms with van der Waals surface area (Å²) >= 11 is 0. The second-order valence-electron chi connectivity index (χ2n) is 4.19. The van der Waals surface area contributed by atoms with E-state index in [0.717, 1.165) is 25.0 Å². The number of nitro benzene ring substituents is 1. The lowest BCUT2D eigenvalue weighted by molar-refractivity contribution is -0.384. The Labute approximate surface area is 110 Å². The van der Waals surface area contributed by atoms with Gasteiger partial charge < -0.3 is 10.6 Å². The van der Waals surface area contributed by atoms with Crippen molar-refractivity contribution in [1.82, 2.24) is 4.90 Å². The van der Waals surface area contributed by atoms with Crippen molar-refractivity contribution in [2.75, 3.05) is 19.3 Å². The van der Waals surface area contributed by atoms with E-state index in [1.807, 2.05) is 6.92 Å². The van der Waals surface area contributed by atoms with E-state index in [1.165, 1.54) is 11.9 Å². The van der Waals surface area contributed by atoms with Crippen molar-refractivity contribution in [3.8, 4) is 0 Å². The third-order valence-electron chi connectivity index (χ3n) is 2.78. The Morgan fingerprint density at radius 1 is 1.53 bits per heavy atom. The van der Waals surface area contributed by atoms with Crippen LogP contribution in [0.15, 0.2) is 12.1 Å². The number of hydrogen-bond donors (Lipinski definition) is 1. The molecule has 0 aliphatic carbocycles. The number of nitrogens with zero attached hydrogens (tertiary/aromatic N) is 2. The SMILES string of the molecule is CCCCN(C)C(=O)c1c(F)ccc([N+](=O)[O-])c1N. The van der Waals surface area contributed by atoms with Gasteiger partial charge in [0.25, 0.3) is 11.6 Å². The molecule has 0 aliphatic heterocycles. The topological polar surface area (TPSA) is 89.5 Å². The standard InChI is InChI=1S/C12H16FN3O3/c1-3-4-7-15(2)12(17)10-8(13)5-6-9(11(10)14)16(18)19/h5-6H,3-4,7,14H2,1-2H3. The molecule has 0 spiro atoms. The fraction of sp³-hybridized carbons (Fsp3) is 0.417. The number of nitrogen functional groups attached to an aromatic ring is 1. The smallest absolute Gasteiger partial charge is 0.293 e. The van der Waals surface area contributed by atoms with Crippen LogP contribution in [-0.4, -0.2) is 29.3 Å². The van der Waals surface area contributed by atoms with Gasteiger partial charge in [-0.15, -0.1) is 0 Å². The normalized spacial score (nSPS) is 10.3. The molecule has 2 N–H and O–H groups in total. The number of nitrogens with two attached hydrogens (primary N) is 1. The van der Waals surface area contributed by atoms with Gasteiger partial charge in [0.05, 0.1) is 4.92 Å². The van der Waals surface area contributed by atoms with Crippen LogP contribution in [0.4, 0.5) is 15.8 Å². The molecule has 7 heteroatoms. The van der Waals surface area contributed by atoms with Crippen molar-refractivity contribution in [2.24, 2.45) is 0 Å². The van der Waals surface area contributed by atoms with Crippen LogP contribution >= 0.6 is 0 Å². The first-order valence-corrected chi connectivity index (χ1v) is 5.88. The fourth-order valence-corrected chi connectivity index (χ4v) is 1.65. The Hall–Kier alpha value is -2.18. The second kappa shape index (κ2) is 6.12. The Morgan fingerprint density at radius 2 is 2.16 bits per heavy atom. The highest BCUT2D eigenvalue weighted by Crippen LogP contribution is 2.28. The molecule has 1 aromatic carbocycles. The maximum atomic E-state index is 13.7. The van der Waals surface area contributed by atoms with Crippen LogP contribution in [0, 0.1) is 15.9 Å². The number of carbonyl (C=O) groups excluding carboxylic acids is 1. The van der Waals surface area contributed by atoms with E-state index in [0.29, 0.717) is 6.54 Å². The van der Waals surface area contributed by atoms with E-state index in [2.05, 4.69) is 0 Å². The fourth-order valence-electron chi connectivity index (χ4n) is 1.65. The highest BCUT2D eigenvalue weighted by Gasteiger charge is 2.25. The van der Waals surface area contributed by atoms with Gasteiger partial charge in [-0.3, -0.25) is 14.9 Å². The summed E-state index contributed by atoms with van der Waals surface area (Å²) in [4.78, 5) is 23.3. The van der Waals surface area contributed by atoms with Crippen LogP contribution in [-0.2, 0) is 0 Å². The van der Waals surface area contributed by atoms with Crippen LogP contribution in [0.25, 0.3) is 0 Å². The van der Waals surface area contributed by atoms with E-state index in [9.17, 15) is 19.3 Å². The molecule has 0 bridgehead atoms. The van der Waals surface area contributed by atoms with Crippen LogP contribution in [0.5, 0.6) is 0 Å². The highest BCUT2D eigenvalue weighted by atomic mass is 19.1. The van der Waals surface area contributed by atoms with Gasteiger partial charge >= 0.3 is 0 Å². The van der Waals surface area contributed by atoms with Gasteiger partial charge in [-0.05, 0) is 12.5 Å². The molecular weight excluding hydrogens is 253 g/mol. The zero-order valence-corrected chi connectivity index (χ0v) is 10.9. The maximum Gasteiger partial charge on any atom is 0.293 e. The minimum Gasteiger partial charge on any atom is -0.392 e. The molecule has 1 amide bonds. The highest BCUT2D eigenvalue weighted by molar-refractivity contribution is 6.01. The Kier molecular flexibility index (Phi) is 4.80. The van der Waals surface area contributed by atoms with Crippen molar-refractivity contribution in [2.45, 2.75) is 19.8 Å². The predicted octanol–water partition coefficient (Wildman–Crippen LogP) is 2.19. The lowest BCUT2D eigenvalue weighted by atomic mass is 10.1. The van der Waals surface area contributed by atoms with E-state index >= 15 is 0 Å². The Bertz CT molecular complexity index is 505. The molecule has 0 aliphatic rings. The average molecular weight is 269 g/mol. The van der Waals surface area contributed by atoms with Gasteiger partial charge in [0, 0.05) is 19.7 Å². The number of nitro groups is 1. The molecule has 19 heavy (non-hydrogen) atoms. The second-order valence-corrected chi connectivity index (χ2v) is 4.19. The zero-order valence-electron chi connectivity index (χ0n) is 10.9. The number of carbonyl (C=O) groups is 1. The third kappa shape index (κ3) is 3.18. The van der Waals surface area contributed by atoms with Gasteiger partial charge in [0.2, 0.25) is 0 Å². The van der Waals surface area contributed by atoms with Crippen LogP contribution in [0.3, 0.4) is 0 Å². The third-order valence-corrected chi connectivity index (χ3v) is 2.78. The number of halogens is 1. The van der Waals surface area contributed by atoms with Crippen LogP contribution in [0.2, 0.25) is 0 Å². The first-order valence-electron chi connectivity index (χ1n) is 5.88. The largest absolute Gasteiger partial charge is 0.392 e. The van der Waals surface area contributed by atoms with Gasteiger partial charge in [-0.1, -0.05) is 13.3 Å². The summed E-state index contributed by atoms with van der Waals surface area (Å²) in [5, 5.41) is 10.7. The Morgan fingerprint density at radius 3 is 2.68 bits per heavy atom. The number of unbranched alkanes of at least 4 members (excludes halogenated alkanes) is 1. The number of anilines is 1. The summed E-state index contributed by atoms with van der Waals surface area (Å²) < 4.78 is 13.7. The molecule has 0 heterocycles. The summed E-state index contributed by atoms with van der Waals surface area (Å²) in [6, 6.07) is 1.84. The Balaban J connectivity index is 3.15. The van der Waals surface area contributed by atoms with Crippen LogP contribution in [0.1, 0.15) is 30.1 Å². The van der Waals surface area contributed by atoms with E-state index in [1.54, 1.807) is 0 Å². The summed E-state index contributed by atoms with van der Waals surface area (Å²) in [6.45, 7) is 2.40. The maximum absolute atomic E-state index is 13.7. The van der Waals surface area contributed by atoms with E-state index < -0.39 is 33.6 Å². The van der Waals surface area contributed by atoms with Gasteiger partial charge in [-0.25, -0.2) is 4.39 Å². The van der Waals surface area contributed by atoms with Gasteiger partial charge in [0.1, 0.15) is 17.1 Å². The number of benzene rings is 1. The quantitative estimate of drug-likeness (QED) is 0.504. The molecule has 104 valence electrons. The molecule has 0 fully saturated rings. The van der Waals surface area contributed by atoms with E-state index in [-0.39, 0.29) is 0 Å². The lowest BCUT2D eigenvalue weighted by Gasteiger charge is -2.18. The molecule has 0 saturated carbocycles. The zero-order chi connectivity index (χ0) is 14.6. The molecule has 1 aromatic rings. The number of amides is 1. The lowest BCUT2D eigenvalue weighted by Crippen LogP contribution is -2.29. The van der Waals surface area contributed by atoms with Gasteiger partial charge in [-0.2, -0.15) is 0 Å². The molecule has 0 radical (unpaired) electrons. The minimum atomic E-state index is -0.851. The predicted molar refractivity (Wildman–Crippen MR) is 69.3 cm³/mol. The molecule has 6 nitrogen and oxygen atoms in total. The van der Waals surface area contributed by atoms with Crippen LogP contribution < -0.4 is 5.73 Å². The summed E-state index contributed by atoms with van der Waals surface area (Å²) in [6.07, 6.45) is 1.64. The summed E-state index contributed by atoms with van der Waals surface area (Å²) in [7, 11) is 1.51. The summed E-state index contributed by atoms with van der Waals surface area (Å²) in [5.74, 6) is -1.50.